The third-order valence-corrected chi connectivity index (χ3v) is 7.19. The zero-order valence-corrected chi connectivity index (χ0v) is 22.9. The van der Waals surface area contributed by atoms with Gasteiger partial charge in [-0.2, -0.15) is 0 Å². The molecular formula is C32H50N2O2+2. The summed E-state index contributed by atoms with van der Waals surface area (Å²) in [5.41, 5.74) is 0.227. The van der Waals surface area contributed by atoms with Gasteiger partial charge in [0.2, 0.25) is 0 Å². The Kier molecular flexibility index (Phi) is 13.1. The van der Waals surface area contributed by atoms with Crippen molar-refractivity contribution in [2.45, 2.75) is 115 Å². The molecule has 2 aromatic heterocycles. The topological polar surface area (TPSA) is 48.2 Å². The van der Waals surface area contributed by atoms with Crippen LogP contribution < -0.4 is 9.13 Å². The fraction of sp³-hybridized carbons (Fsp3) is 0.562. The second kappa shape index (κ2) is 15.7. The molecule has 198 valence electrons. The number of pyridine rings is 2. The third kappa shape index (κ3) is 10.8. The molecule has 0 amide bonds. The Balaban J connectivity index is 1.46. The summed E-state index contributed by atoms with van der Waals surface area (Å²) < 4.78 is 4.43. The van der Waals surface area contributed by atoms with E-state index in [0.29, 0.717) is 12.8 Å². The van der Waals surface area contributed by atoms with Crippen molar-refractivity contribution < 1.29 is 19.3 Å². The van der Waals surface area contributed by atoms with Crippen LogP contribution in [0.15, 0.2) is 74.4 Å². The Morgan fingerprint density at radius 1 is 0.583 bits per heavy atom. The summed E-state index contributed by atoms with van der Waals surface area (Å²) in [7, 11) is 0. The Bertz CT molecular complexity index is 810. The van der Waals surface area contributed by atoms with Crippen LogP contribution >= 0.6 is 0 Å². The van der Waals surface area contributed by atoms with E-state index in [4.69, 9.17) is 0 Å². The van der Waals surface area contributed by atoms with Gasteiger partial charge < -0.3 is 10.2 Å². The standard InChI is InChI=1S/C32H50N2O2/c1-5-21-31(3,35)29-17-25-33(26-18-29)23-15-13-11-9-7-8-10-12-14-16-24-34-27-19-30(20-28-34)32(4,36)22-6-2/h5-6,17-20,25-28,35-36H,1-2,7-16,21-24H2,3-4H3/q+2. The van der Waals surface area contributed by atoms with Crippen molar-refractivity contribution in [1.29, 1.82) is 0 Å². The highest BCUT2D eigenvalue weighted by atomic mass is 16.3. The maximum Gasteiger partial charge on any atom is 0.169 e. The second-order valence-electron chi connectivity index (χ2n) is 10.7. The lowest BCUT2D eigenvalue weighted by Gasteiger charge is -2.21. The second-order valence-corrected chi connectivity index (χ2v) is 10.7. The van der Waals surface area contributed by atoms with E-state index in [1.54, 1.807) is 12.2 Å². The van der Waals surface area contributed by atoms with Crippen LogP contribution in [0.1, 0.15) is 102 Å². The van der Waals surface area contributed by atoms with Crippen LogP contribution in [0, 0.1) is 0 Å². The molecule has 4 nitrogen and oxygen atoms in total. The van der Waals surface area contributed by atoms with E-state index in [1.807, 2.05) is 38.1 Å². The number of hydrogen-bond acceptors (Lipinski definition) is 2. The van der Waals surface area contributed by atoms with Gasteiger partial charge in [0.15, 0.2) is 24.8 Å². The molecule has 0 radical (unpaired) electrons. The van der Waals surface area contributed by atoms with Crippen molar-refractivity contribution in [3.8, 4) is 0 Å². The quantitative estimate of drug-likeness (QED) is 0.134. The Hall–Kier alpha value is -2.30. The highest BCUT2D eigenvalue weighted by molar-refractivity contribution is 5.18. The van der Waals surface area contributed by atoms with Gasteiger partial charge in [0.1, 0.15) is 13.1 Å². The van der Waals surface area contributed by atoms with E-state index in [0.717, 1.165) is 24.2 Å². The van der Waals surface area contributed by atoms with Crippen molar-refractivity contribution >= 4 is 0 Å². The van der Waals surface area contributed by atoms with Crippen LogP contribution in [-0.4, -0.2) is 10.2 Å². The summed E-state index contributed by atoms with van der Waals surface area (Å²) in [6, 6.07) is 8.09. The molecule has 0 saturated heterocycles. The van der Waals surface area contributed by atoms with Crippen LogP contribution in [0.4, 0.5) is 0 Å². The van der Waals surface area contributed by atoms with Crippen LogP contribution in [0.2, 0.25) is 0 Å². The molecule has 0 aliphatic rings. The summed E-state index contributed by atoms with van der Waals surface area (Å²) in [6.45, 7) is 13.2. The van der Waals surface area contributed by atoms with Gasteiger partial charge in [-0.25, -0.2) is 9.13 Å². The first-order valence-corrected chi connectivity index (χ1v) is 13.9. The van der Waals surface area contributed by atoms with Crippen molar-refractivity contribution in [2.24, 2.45) is 0 Å². The predicted octanol–water partition coefficient (Wildman–Crippen LogP) is 6.43. The number of aliphatic hydroxyl groups is 2. The molecule has 0 bridgehead atoms. The van der Waals surface area contributed by atoms with Crippen LogP contribution in [0.3, 0.4) is 0 Å². The minimum atomic E-state index is -0.832. The monoisotopic (exact) mass is 494 g/mol. The summed E-state index contributed by atoms with van der Waals surface area (Å²) in [4.78, 5) is 0. The first-order valence-electron chi connectivity index (χ1n) is 13.9. The van der Waals surface area contributed by atoms with E-state index < -0.39 is 11.2 Å². The molecule has 0 aliphatic heterocycles. The lowest BCUT2D eigenvalue weighted by Crippen LogP contribution is -2.33. The predicted molar refractivity (Wildman–Crippen MR) is 148 cm³/mol. The number of unbranched alkanes of at least 4 members (excludes halogenated alkanes) is 9. The van der Waals surface area contributed by atoms with Gasteiger partial charge >= 0.3 is 0 Å². The highest BCUT2D eigenvalue weighted by Gasteiger charge is 2.23. The average Bonchev–Trinajstić information content (AvgIpc) is 2.85. The lowest BCUT2D eigenvalue weighted by atomic mass is 9.93. The summed E-state index contributed by atoms with van der Waals surface area (Å²) in [6.07, 6.45) is 26.0. The lowest BCUT2D eigenvalue weighted by molar-refractivity contribution is -0.697. The van der Waals surface area contributed by atoms with E-state index in [2.05, 4.69) is 47.1 Å². The van der Waals surface area contributed by atoms with Crippen molar-refractivity contribution in [1.82, 2.24) is 0 Å². The van der Waals surface area contributed by atoms with Gasteiger partial charge in [0.25, 0.3) is 0 Å². The zero-order valence-electron chi connectivity index (χ0n) is 22.9. The first-order chi connectivity index (χ1) is 17.3. The van der Waals surface area contributed by atoms with Crippen molar-refractivity contribution in [3.63, 3.8) is 0 Å². The van der Waals surface area contributed by atoms with Gasteiger partial charge in [-0.3, -0.25) is 0 Å². The number of hydrogen-bond donors (Lipinski definition) is 2. The maximum atomic E-state index is 10.5. The summed E-state index contributed by atoms with van der Waals surface area (Å²) in [5, 5.41) is 20.9. The molecule has 4 heteroatoms. The van der Waals surface area contributed by atoms with Crippen LogP contribution in [0.5, 0.6) is 0 Å². The number of aromatic nitrogens is 2. The Morgan fingerprint density at radius 3 is 1.14 bits per heavy atom. The molecule has 0 fully saturated rings. The minimum Gasteiger partial charge on any atom is -0.385 e. The van der Waals surface area contributed by atoms with Gasteiger partial charge in [-0.05, 0) is 50.7 Å². The van der Waals surface area contributed by atoms with Gasteiger partial charge in [0.05, 0.1) is 11.2 Å². The molecule has 2 N–H and O–H groups in total. The van der Waals surface area contributed by atoms with E-state index in [1.165, 1.54) is 64.2 Å². The number of rotatable bonds is 19. The normalized spacial score (nSPS) is 14.7. The third-order valence-electron chi connectivity index (χ3n) is 7.19. The van der Waals surface area contributed by atoms with Gasteiger partial charge in [0, 0.05) is 37.1 Å². The number of aryl methyl sites for hydroxylation is 2. The molecular weight excluding hydrogens is 444 g/mol. The zero-order chi connectivity index (χ0) is 26.3. The van der Waals surface area contributed by atoms with Crippen LogP contribution in [-0.2, 0) is 24.3 Å². The first kappa shape index (κ1) is 29.9. The van der Waals surface area contributed by atoms with Gasteiger partial charge in [-0.15, -0.1) is 13.2 Å². The molecule has 0 aromatic carbocycles. The average molecular weight is 495 g/mol. The molecule has 0 aliphatic carbocycles. The van der Waals surface area contributed by atoms with E-state index in [9.17, 15) is 10.2 Å². The molecule has 2 aromatic rings. The molecule has 2 atom stereocenters. The van der Waals surface area contributed by atoms with Gasteiger partial charge in [-0.1, -0.05) is 50.7 Å². The largest absolute Gasteiger partial charge is 0.385 e. The fourth-order valence-electron chi connectivity index (χ4n) is 4.73. The van der Waals surface area contributed by atoms with E-state index >= 15 is 0 Å². The summed E-state index contributed by atoms with van der Waals surface area (Å²) >= 11 is 0. The molecule has 2 unspecified atom stereocenters. The summed E-state index contributed by atoms with van der Waals surface area (Å²) in [5.74, 6) is 0. The van der Waals surface area contributed by atoms with Crippen molar-refractivity contribution in [3.05, 3.63) is 85.5 Å². The van der Waals surface area contributed by atoms with Crippen molar-refractivity contribution in [2.75, 3.05) is 0 Å². The molecule has 36 heavy (non-hydrogen) atoms. The van der Waals surface area contributed by atoms with Crippen LogP contribution in [0.25, 0.3) is 0 Å². The highest BCUT2D eigenvalue weighted by Crippen LogP contribution is 2.24. The smallest absolute Gasteiger partial charge is 0.169 e. The molecule has 0 spiro atoms. The fourth-order valence-corrected chi connectivity index (χ4v) is 4.73. The molecule has 0 saturated carbocycles. The molecule has 2 rings (SSSR count). The SMILES string of the molecule is C=CCC(C)(O)c1cc[n+](CCCCCCCCCCCC[n+]2ccc(C(C)(O)CC=C)cc2)cc1. The Labute approximate surface area is 220 Å². The van der Waals surface area contributed by atoms with E-state index in [-0.39, 0.29) is 0 Å². The number of nitrogens with zero attached hydrogens (tertiary/aromatic N) is 2. The minimum absolute atomic E-state index is 0.563. The maximum absolute atomic E-state index is 10.5. The molecule has 2 heterocycles. The Morgan fingerprint density at radius 2 is 0.861 bits per heavy atom.